The Balaban J connectivity index is 2.46. The summed E-state index contributed by atoms with van der Waals surface area (Å²) < 4.78 is 38.8. The number of benzene rings is 1. The van der Waals surface area contributed by atoms with E-state index in [1.165, 1.54) is 12.1 Å². The number of amides is 4. The lowest BCUT2D eigenvalue weighted by Gasteiger charge is -2.34. The number of nitrogens with zero attached hydrogens (tertiary/aromatic N) is 3. The van der Waals surface area contributed by atoms with Crippen molar-refractivity contribution < 1.29 is 27.6 Å². The highest BCUT2D eigenvalue weighted by Gasteiger charge is 2.49. The van der Waals surface area contributed by atoms with Gasteiger partial charge in [-0.25, -0.2) is 4.79 Å². The Morgan fingerprint density at radius 3 is 2.42 bits per heavy atom. The first kappa shape index (κ1) is 17.4. The van der Waals surface area contributed by atoms with E-state index in [0.717, 1.165) is 7.05 Å². The number of amidine groups is 1. The summed E-state index contributed by atoms with van der Waals surface area (Å²) in [7, 11) is 1.05. The van der Waals surface area contributed by atoms with Crippen molar-refractivity contribution in [3.8, 4) is 0 Å². The molecule has 0 radical (unpaired) electrons. The molecule has 0 aromatic heterocycles. The number of halogens is 3. The van der Waals surface area contributed by atoms with Crippen molar-refractivity contribution in [2.75, 3.05) is 7.05 Å². The van der Waals surface area contributed by atoms with Crippen LogP contribution in [0.1, 0.15) is 5.56 Å². The fraction of sp³-hybridized carbons (Fsp3) is 0.286. The minimum absolute atomic E-state index is 0.263. The Kier molecular flexibility index (Phi) is 4.58. The molecule has 0 saturated heterocycles. The normalized spacial score (nSPS) is 18.4. The number of carbonyl (C=O) groups excluding carboxylic acids is 3. The van der Waals surface area contributed by atoms with E-state index in [1.54, 1.807) is 18.2 Å². The average Bonchev–Trinajstić information content (AvgIpc) is 2.51. The Bertz CT molecular complexity index is 703. The fourth-order valence-electron chi connectivity index (χ4n) is 2.17. The molecule has 0 spiro atoms. The van der Waals surface area contributed by atoms with Gasteiger partial charge in [-0.1, -0.05) is 30.3 Å². The summed E-state index contributed by atoms with van der Waals surface area (Å²) in [5.41, 5.74) is 5.83. The molecule has 1 aliphatic rings. The molecule has 0 bridgehead atoms. The van der Waals surface area contributed by atoms with Gasteiger partial charge in [0.25, 0.3) is 5.91 Å². The topological polar surface area (TPSA) is 96.1 Å². The molecule has 2 rings (SSSR count). The molecule has 1 heterocycles. The number of nitrogens with two attached hydrogens (primary N) is 1. The lowest BCUT2D eigenvalue weighted by Crippen LogP contribution is -2.61. The number of alkyl halides is 3. The molecule has 1 aromatic carbocycles. The van der Waals surface area contributed by atoms with Crippen molar-refractivity contribution in [1.29, 1.82) is 0 Å². The van der Waals surface area contributed by atoms with Crippen LogP contribution >= 0.6 is 0 Å². The molecule has 0 fully saturated rings. The first-order valence-electron chi connectivity index (χ1n) is 6.70. The van der Waals surface area contributed by atoms with E-state index in [4.69, 9.17) is 5.73 Å². The summed E-state index contributed by atoms with van der Waals surface area (Å²) >= 11 is 0. The lowest BCUT2D eigenvalue weighted by molar-refractivity contribution is -0.188. The predicted molar refractivity (Wildman–Crippen MR) is 76.6 cm³/mol. The Morgan fingerprint density at radius 1 is 1.29 bits per heavy atom. The van der Waals surface area contributed by atoms with E-state index in [1.807, 2.05) is 0 Å². The highest BCUT2D eigenvalue weighted by molar-refractivity contribution is 6.19. The number of aliphatic imine (C=N–C) groups is 1. The van der Waals surface area contributed by atoms with Crippen molar-refractivity contribution in [3.05, 3.63) is 35.9 Å². The number of rotatable bonds is 3. The molecule has 24 heavy (non-hydrogen) atoms. The Hall–Kier alpha value is -2.91. The molecule has 2 N–H and O–H groups in total. The number of carbonyl (C=O) groups is 3. The fourth-order valence-corrected chi connectivity index (χ4v) is 2.17. The van der Waals surface area contributed by atoms with Gasteiger partial charge >= 0.3 is 18.1 Å². The van der Waals surface area contributed by atoms with Crippen LogP contribution in [0, 0.1) is 0 Å². The molecule has 128 valence electrons. The van der Waals surface area contributed by atoms with Crippen LogP contribution in [0.5, 0.6) is 0 Å². The van der Waals surface area contributed by atoms with Crippen LogP contribution in [-0.2, 0) is 16.1 Å². The quantitative estimate of drug-likeness (QED) is 0.882. The number of urea groups is 1. The summed E-state index contributed by atoms with van der Waals surface area (Å²) in [5, 5.41) is 0. The third-order valence-corrected chi connectivity index (χ3v) is 3.37. The lowest BCUT2D eigenvalue weighted by atomic mass is 10.1. The molecule has 0 aliphatic carbocycles. The maximum atomic E-state index is 12.9. The second-order valence-corrected chi connectivity index (χ2v) is 5.04. The molecular formula is C14H13F3N4O3. The van der Waals surface area contributed by atoms with Gasteiger partial charge < -0.3 is 10.6 Å². The van der Waals surface area contributed by atoms with Gasteiger partial charge in [-0.05, 0) is 5.56 Å². The van der Waals surface area contributed by atoms with E-state index < -0.39 is 42.4 Å². The van der Waals surface area contributed by atoms with Gasteiger partial charge in [0.2, 0.25) is 0 Å². The van der Waals surface area contributed by atoms with Crippen LogP contribution in [0.4, 0.5) is 18.0 Å². The van der Waals surface area contributed by atoms with Crippen LogP contribution in [-0.4, -0.2) is 52.7 Å². The summed E-state index contributed by atoms with van der Waals surface area (Å²) in [6, 6.07) is 4.96. The summed E-state index contributed by atoms with van der Waals surface area (Å²) in [6.07, 6.45) is -5.21. The molecule has 7 nitrogen and oxygen atoms in total. The van der Waals surface area contributed by atoms with E-state index >= 15 is 0 Å². The van der Waals surface area contributed by atoms with Crippen LogP contribution in [0.3, 0.4) is 0 Å². The van der Waals surface area contributed by atoms with Gasteiger partial charge in [-0.2, -0.15) is 18.2 Å². The summed E-state index contributed by atoms with van der Waals surface area (Å²) in [5.74, 6) is -3.96. The highest BCUT2D eigenvalue weighted by atomic mass is 19.4. The SMILES string of the molecule is CN1C(=O)N=C(N)C(N(Cc2ccccc2)C(=O)C(F)(F)F)C1=O. The molecule has 1 aromatic rings. The summed E-state index contributed by atoms with van der Waals surface area (Å²) in [6.45, 7) is -0.520. The molecule has 10 heteroatoms. The van der Waals surface area contributed by atoms with Crippen molar-refractivity contribution >= 4 is 23.7 Å². The zero-order valence-electron chi connectivity index (χ0n) is 12.4. The molecule has 1 unspecified atom stereocenters. The first-order valence-corrected chi connectivity index (χ1v) is 6.70. The third-order valence-electron chi connectivity index (χ3n) is 3.37. The highest BCUT2D eigenvalue weighted by Crippen LogP contribution is 2.24. The monoisotopic (exact) mass is 342 g/mol. The zero-order valence-corrected chi connectivity index (χ0v) is 12.4. The van der Waals surface area contributed by atoms with E-state index in [9.17, 15) is 27.6 Å². The maximum absolute atomic E-state index is 12.9. The molecule has 1 aliphatic heterocycles. The van der Waals surface area contributed by atoms with E-state index in [0.29, 0.717) is 10.5 Å². The maximum Gasteiger partial charge on any atom is 0.471 e. The van der Waals surface area contributed by atoms with Crippen molar-refractivity contribution in [1.82, 2.24) is 9.80 Å². The average molecular weight is 342 g/mol. The Morgan fingerprint density at radius 2 is 1.88 bits per heavy atom. The van der Waals surface area contributed by atoms with Crippen LogP contribution in [0.15, 0.2) is 35.3 Å². The standard InChI is InChI=1S/C14H13F3N4O3/c1-20-11(22)9(10(18)19-13(20)24)21(12(23)14(15,16)17)7-8-5-3-2-4-6-8/h2-6,9H,7H2,1H3,(H2,18,19,24). The minimum atomic E-state index is -5.21. The summed E-state index contributed by atoms with van der Waals surface area (Å²) in [4.78, 5) is 39.5. The van der Waals surface area contributed by atoms with Gasteiger partial charge in [-0.3, -0.25) is 14.5 Å². The molecule has 1 atom stereocenters. The second kappa shape index (κ2) is 6.30. The minimum Gasteiger partial charge on any atom is -0.385 e. The first-order chi connectivity index (χ1) is 11.1. The number of likely N-dealkylation sites (N-methyl/N-ethyl adjacent to an activating group) is 1. The third kappa shape index (κ3) is 3.36. The second-order valence-electron chi connectivity index (χ2n) is 5.04. The van der Waals surface area contributed by atoms with Crippen molar-refractivity contribution in [2.45, 2.75) is 18.8 Å². The van der Waals surface area contributed by atoms with Gasteiger partial charge in [0.05, 0.1) is 0 Å². The van der Waals surface area contributed by atoms with Gasteiger partial charge in [-0.15, -0.1) is 0 Å². The van der Waals surface area contributed by atoms with Gasteiger partial charge in [0.1, 0.15) is 5.84 Å². The Labute approximate surface area is 134 Å². The largest absolute Gasteiger partial charge is 0.471 e. The smallest absolute Gasteiger partial charge is 0.385 e. The van der Waals surface area contributed by atoms with Gasteiger partial charge in [0, 0.05) is 13.6 Å². The zero-order chi connectivity index (χ0) is 18.1. The number of hydrogen-bond donors (Lipinski definition) is 1. The van der Waals surface area contributed by atoms with Crippen molar-refractivity contribution in [3.63, 3.8) is 0 Å². The van der Waals surface area contributed by atoms with Crippen molar-refractivity contribution in [2.24, 2.45) is 10.7 Å². The van der Waals surface area contributed by atoms with E-state index in [-0.39, 0.29) is 4.90 Å². The predicted octanol–water partition coefficient (Wildman–Crippen LogP) is 0.895. The number of hydrogen-bond acceptors (Lipinski definition) is 4. The molecular weight excluding hydrogens is 329 g/mol. The van der Waals surface area contributed by atoms with Crippen LogP contribution in [0.2, 0.25) is 0 Å². The van der Waals surface area contributed by atoms with Crippen LogP contribution < -0.4 is 5.73 Å². The van der Waals surface area contributed by atoms with Crippen LogP contribution in [0.25, 0.3) is 0 Å². The van der Waals surface area contributed by atoms with Gasteiger partial charge in [0.15, 0.2) is 6.04 Å². The molecule has 4 amide bonds. The number of imide groups is 1. The molecule has 0 saturated carbocycles. The van der Waals surface area contributed by atoms with E-state index in [2.05, 4.69) is 4.99 Å².